The Balaban J connectivity index is 1.93. The molecule has 0 radical (unpaired) electrons. The molecule has 0 saturated carbocycles. The van der Waals surface area contributed by atoms with Gasteiger partial charge in [0.25, 0.3) is 5.91 Å². The molecule has 9 heteroatoms. The van der Waals surface area contributed by atoms with E-state index in [9.17, 15) is 9.59 Å². The molecule has 0 aliphatic carbocycles. The van der Waals surface area contributed by atoms with Gasteiger partial charge >= 0.3 is 0 Å². The zero-order valence-corrected chi connectivity index (χ0v) is 18.7. The predicted molar refractivity (Wildman–Crippen MR) is 126 cm³/mol. The number of pyridine rings is 1. The second-order valence-corrected chi connectivity index (χ2v) is 8.04. The first-order chi connectivity index (χ1) is 15.5. The summed E-state index contributed by atoms with van der Waals surface area (Å²) in [4.78, 5) is 28.7. The Bertz CT molecular complexity index is 1290. The zero-order chi connectivity index (χ0) is 22.7. The topological polar surface area (TPSA) is 76.9 Å². The molecule has 0 saturated heterocycles. The van der Waals surface area contributed by atoms with Gasteiger partial charge in [-0.15, -0.1) is 0 Å². The SMILES string of the molecule is O=CCc1c(C(=O)Nc2cccnc2)nn(-c2ccc(Cl)cc2Cl)c1-c1ccc(Cl)cc1. The summed E-state index contributed by atoms with van der Waals surface area (Å²) in [5.74, 6) is -0.478. The minimum atomic E-state index is -0.478. The number of nitrogens with one attached hydrogen (secondary N) is 1. The molecule has 32 heavy (non-hydrogen) atoms. The maximum absolute atomic E-state index is 13.1. The zero-order valence-electron chi connectivity index (χ0n) is 16.4. The largest absolute Gasteiger partial charge is 0.319 e. The Morgan fingerprint density at radius 3 is 2.44 bits per heavy atom. The van der Waals surface area contributed by atoms with E-state index in [1.54, 1.807) is 65.5 Å². The molecule has 4 rings (SSSR count). The second-order valence-electron chi connectivity index (χ2n) is 6.76. The van der Waals surface area contributed by atoms with Crippen molar-refractivity contribution in [3.63, 3.8) is 0 Å². The molecule has 4 aromatic rings. The van der Waals surface area contributed by atoms with Gasteiger partial charge in [-0.1, -0.05) is 46.9 Å². The molecule has 0 aliphatic rings. The molecular formula is C23H15Cl3N4O2. The fraction of sp³-hybridized carbons (Fsp3) is 0.0435. The summed E-state index contributed by atoms with van der Waals surface area (Å²) in [6.07, 6.45) is 3.82. The van der Waals surface area contributed by atoms with Gasteiger partial charge in [-0.25, -0.2) is 4.68 Å². The van der Waals surface area contributed by atoms with E-state index in [4.69, 9.17) is 34.8 Å². The van der Waals surface area contributed by atoms with Crippen molar-refractivity contribution >= 4 is 52.7 Å². The molecular weight excluding hydrogens is 471 g/mol. The van der Waals surface area contributed by atoms with Crippen molar-refractivity contribution in [2.24, 2.45) is 0 Å². The molecule has 2 aromatic heterocycles. The summed E-state index contributed by atoms with van der Waals surface area (Å²) < 4.78 is 1.54. The van der Waals surface area contributed by atoms with Crippen LogP contribution in [-0.4, -0.2) is 27.0 Å². The van der Waals surface area contributed by atoms with Crippen LogP contribution in [0.15, 0.2) is 67.0 Å². The Morgan fingerprint density at radius 1 is 1.03 bits per heavy atom. The van der Waals surface area contributed by atoms with Crippen molar-refractivity contribution in [2.75, 3.05) is 5.32 Å². The first kappa shape index (κ1) is 22.0. The molecule has 160 valence electrons. The third-order valence-electron chi connectivity index (χ3n) is 4.66. The van der Waals surface area contributed by atoms with E-state index in [0.717, 1.165) is 6.29 Å². The lowest BCUT2D eigenvalue weighted by Crippen LogP contribution is -2.15. The van der Waals surface area contributed by atoms with Crippen LogP contribution in [0.3, 0.4) is 0 Å². The maximum atomic E-state index is 13.1. The molecule has 2 heterocycles. The van der Waals surface area contributed by atoms with Crippen LogP contribution < -0.4 is 5.32 Å². The number of carbonyl (C=O) groups is 2. The molecule has 0 unspecified atom stereocenters. The first-order valence-electron chi connectivity index (χ1n) is 9.46. The van der Waals surface area contributed by atoms with Crippen LogP contribution in [0.1, 0.15) is 16.1 Å². The van der Waals surface area contributed by atoms with Gasteiger partial charge in [-0.2, -0.15) is 5.10 Å². The van der Waals surface area contributed by atoms with Crippen LogP contribution in [-0.2, 0) is 11.2 Å². The number of amides is 1. The number of nitrogens with zero attached hydrogens (tertiary/aromatic N) is 3. The lowest BCUT2D eigenvalue weighted by molar-refractivity contribution is -0.107. The molecule has 0 atom stereocenters. The van der Waals surface area contributed by atoms with Crippen molar-refractivity contribution in [3.05, 3.63) is 93.3 Å². The smallest absolute Gasteiger partial charge is 0.276 e. The monoisotopic (exact) mass is 484 g/mol. The summed E-state index contributed by atoms with van der Waals surface area (Å²) in [5.41, 5.74) is 2.82. The Labute approximate surface area is 198 Å². The number of hydrogen-bond donors (Lipinski definition) is 1. The number of hydrogen-bond acceptors (Lipinski definition) is 4. The van der Waals surface area contributed by atoms with Gasteiger partial charge in [-0.3, -0.25) is 9.78 Å². The quantitative estimate of drug-likeness (QED) is 0.346. The van der Waals surface area contributed by atoms with Crippen LogP contribution in [0.4, 0.5) is 5.69 Å². The predicted octanol–water partition coefficient (Wildman–Crippen LogP) is 5.89. The van der Waals surface area contributed by atoms with Gasteiger partial charge in [-0.05, 0) is 42.5 Å². The van der Waals surface area contributed by atoms with Crippen LogP contribution in [0.2, 0.25) is 15.1 Å². The Kier molecular flexibility index (Phi) is 6.55. The number of anilines is 1. The van der Waals surface area contributed by atoms with Gasteiger partial charge in [0.1, 0.15) is 6.29 Å². The van der Waals surface area contributed by atoms with Crippen LogP contribution in [0.5, 0.6) is 0 Å². The van der Waals surface area contributed by atoms with Crippen molar-refractivity contribution in [2.45, 2.75) is 6.42 Å². The lowest BCUT2D eigenvalue weighted by Gasteiger charge is -2.11. The molecule has 0 aliphatic heterocycles. The van der Waals surface area contributed by atoms with E-state index < -0.39 is 5.91 Å². The summed E-state index contributed by atoms with van der Waals surface area (Å²) >= 11 is 18.6. The number of rotatable bonds is 6. The number of halogens is 3. The highest BCUT2D eigenvalue weighted by Crippen LogP contribution is 2.34. The standard InChI is InChI=1S/C23H15Cl3N4O2/c24-15-5-3-14(4-6-15)22-18(9-11-31)21(23(32)28-17-2-1-10-27-13-17)29-30(22)20-8-7-16(25)12-19(20)26/h1-8,10-13H,9H2,(H,28,32). The molecule has 2 aromatic carbocycles. The average Bonchev–Trinajstić information content (AvgIpc) is 3.14. The summed E-state index contributed by atoms with van der Waals surface area (Å²) in [7, 11) is 0. The molecule has 0 bridgehead atoms. The number of benzene rings is 2. The molecule has 1 amide bonds. The van der Waals surface area contributed by atoms with Crippen molar-refractivity contribution in [1.82, 2.24) is 14.8 Å². The third-order valence-corrected chi connectivity index (χ3v) is 5.45. The Hall–Kier alpha value is -3.19. The maximum Gasteiger partial charge on any atom is 0.276 e. The fourth-order valence-electron chi connectivity index (χ4n) is 3.27. The van der Waals surface area contributed by atoms with Gasteiger partial charge in [0.15, 0.2) is 5.69 Å². The highest BCUT2D eigenvalue weighted by molar-refractivity contribution is 6.35. The third kappa shape index (κ3) is 4.53. The van der Waals surface area contributed by atoms with Gasteiger partial charge in [0.05, 0.1) is 28.3 Å². The summed E-state index contributed by atoms with van der Waals surface area (Å²) in [6, 6.07) is 15.4. The van der Waals surface area contributed by atoms with Gasteiger partial charge < -0.3 is 10.1 Å². The van der Waals surface area contributed by atoms with Gasteiger partial charge in [0, 0.05) is 33.8 Å². The summed E-state index contributed by atoms with van der Waals surface area (Å²) in [5, 5.41) is 8.67. The van der Waals surface area contributed by atoms with Gasteiger partial charge in [0.2, 0.25) is 0 Å². The van der Waals surface area contributed by atoms with E-state index >= 15 is 0 Å². The molecule has 1 N–H and O–H groups in total. The highest BCUT2D eigenvalue weighted by Gasteiger charge is 2.25. The van der Waals surface area contributed by atoms with E-state index in [0.29, 0.717) is 43.3 Å². The van der Waals surface area contributed by atoms with E-state index in [1.807, 2.05) is 0 Å². The molecule has 6 nitrogen and oxygen atoms in total. The van der Waals surface area contributed by atoms with E-state index in [-0.39, 0.29) is 12.1 Å². The molecule has 0 spiro atoms. The van der Waals surface area contributed by atoms with Crippen LogP contribution in [0.25, 0.3) is 16.9 Å². The number of carbonyl (C=O) groups excluding carboxylic acids is 2. The minimum absolute atomic E-state index is 0.0288. The fourth-order valence-corrected chi connectivity index (χ4v) is 3.88. The lowest BCUT2D eigenvalue weighted by atomic mass is 10.0. The van der Waals surface area contributed by atoms with E-state index in [1.165, 1.54) is 6.20 Å². The van der Waals surface area contributed by atoms with Crippen molar-refractivity contribution in [1.29, 1.82) is 0 Å². The minimum Gasteiger partial charge on any atom is -0.319 e. The van der Waals surface area contributed by atoms with E-state index in [2.05, 4.69) is 15.4 Å². The second kappa shape index (κ2) is 9.53. The average molecular weight is 486 g/mol. The Morgan fingerprint density at radius 2 is 1.78 bits per heavy atom. The highest BCUT2D eigenvalue weighted by atomic mass is 35.5. The first-order valence-corrected chi connectivity index (χ1v) is 10.6. The summed E-state index contributed by atoms with van der Waals surface area (Å²) in [6.45, 7) is 0. The van der Waals surface area contributed by atoms with Crippen molar-refractivity contribution in [3.8, 4) is 16.9 Å². The van der Waals surface area contributed by atoms with Crippen LogP contribution >= 0.6 is 34.8 Å². The normalized spacial score (nSPS) is 10.7. The van der Waals surface area contributed by atoms with Crippen LogP contribution in [0, 0.1) is 0 Å². The number of aldehydes is 1. The van der Waals surface area contributed by atoms with Crippen molar-refractivity contribution < 1.29 is 9.59 Å². The molecule has 0 fully saturated rings. The number of aromatic nitrogens is 3.